The summed E-state index contributed by atoms with van der Waals surface area (Å²) in [6, 6.07) is 0. The summed E-state index contributed by atoms with van der Waals surface area (Å²) in [6.07, 6.45) is 0.744. The summed E-state index contributed by atoms with van der Waals surface area (Å²) in [5, 5.41) is 4.13. The number of thioether (sulfide) groups is 1. The molecule has 1 aliphatic heterocycles. The molecule has 2 atom stereocenters. The fourth-order valence-corrected chi connectivity index (χ4v) is 6.43. The van der Waals surface area contributed by atoms with E-state index in [0.29, 0.717) is 4.88 Å². The van der Waals surface area contributed by atoms with Crippen LogP contribution in [-0.4, -0.2) is 47.6 Å². The van der Waals surface area contributed by atoms with Crippen LogP contribution in [0.1, 0.15) is 36.1 Å². The average Bonchev–Trinajstić information content (AvgIpc) is 2.98. The maximum Gasteiger partial charge on any atom is 0.413 e. The SMILES string of the molecule is C=CCOC(=O)Nc1nc(C(=O)S[C@H]2NC(=O)[C@H]2C(=O)[Si](C)(C)C(C)(C)C)c(C)s1. The number of nitrogens with zero attached hydrogens (tertiary/aromatic N) is 1. The molecule has 30 heavy (non-hydrogen) atoms. The van der Waals surface area contributed by atoms with Crippen LogP contribution >= 0.6 is 23.1 Å². The third-order valence-electron chi connectivity index (χ3n) is 5.41. The highest BCUT2D eigenvalue weighted by Gasteiger charge is 2.54. The molecule has 1 aliphatic rings. The molecule has 2 rings (SSSR count). The lowest BCUT2D eigenvalue weighted by molar-refractivity contribution is -0.137. The van der Waals surface area contributed by atoms with Crippen LogP contribution in [0.5, 0.6) is 0 Å². The van der Waals surface area contributed by atoms with Gasteiger partial charge in [0.25, 0.3) is 0 Å². The normalized spacial score (nSPS) is 18.8. The Balaban J connectivity index is 2.09. The quantitative estimate of drug-likeness (QED) is 0.270. The second-order valence-corrected chi connectivity index (χ2v) is 16.0. The summed E-state index contributed by atoms with van der Waals surface area (Å²) < 4.78 is 4.83. The molecule has 0 bridgehead atoms. The third kappa shape index (κ3) is 5.01. The van der Waals surface area contributed by atoms with Crippen LogP contribution in [0.3, 0.4) is 0 Å². The topological polar surface area (TPSA) is 114 Å². The van der Waals surface area contributed by atoms with E-state index in [2.05, 4.69) is 22.2 Å². The lowest BCUT2D eigenvalue weighted by Gasteiger charge is -2.42. The number of nitrogens with one attached hydrogen (secondary N) is 2. The molecule has 1 aromatic heterocycles. The zero-order valence-corrected chi connectivity index (χ0v) is 20.6. The number of carbonyl (C=O) groups excluding carboxylic acids is 4. The van der Waals surface area contributed by atoms with Crippen molar-refractivity contribution in [2.75, 3.05) is 11.9 Å². The molecule has 1 aromatic rings. The predicted molar refractivity (Wildman–Crippen MR) is 122 cm³/mol. The monoisotopic (exact) mass is 469 g/mol. The van der Waals surface area contributed by atoms with Crippen molar-refractivity contribution in [3.8, 4) is 0 Å². The molecule has 8 nitrogen and oxygen atoms in total. The molecule has 0 aromatic carbocycles. The third-order valence-corrected chi connectivity index (χ3v) is 12.6. The van der Waals surface area contributed by atoms with E-state index in [1.165, 1.54) is 6.08 Å². The smallest absolute Gasteiger partial charge is 0.413 e. The summed E-state index contributed by atoms with van der Waals surface area (Å²) in [5.41, 5.74) is 0.184. The van der Waals surface area contributed by atoms with Crippen LogP contribution in [0.4, 0.5) is 9.93 Å². The molecule has 0 aliphatic carbocycles. The van der Waals surface area contributed by atoms with E-state index in [1.807, 2.05) is 33.9 Å². The molecule has 2 heterocycles. The minimum Gasteiger partial charge on any atom is -0.445 e. The van der Waals surface area contributed by atoms with Crippen molar-refractivity contribution in [2.45, 2.75) is 51.2 Å². The maximum atomic E-state index is 13.1. The predicted octanol–water partition coefficient (Wildman–Crippen LogP) is 3.75. The second-order valence-electron chi connectivity index (χ2n) is 8.49. The van der Waals surface area contributed by atoms with Gasteiger partial charge in [-0.2, -0.15) is 0 Å². The van der Waals surface area contributed by atoms with Gasteiger partial charge in [-0.05, 0) is 12.0 Å². The van der Waals surface area contributed by atoms with Gasteiger partial charge in [0.05, 0.1) is 0 Å². The Morgan fingerprint density at radius 3 is 2.53 bits per heavy atom. The van der Waals surface area contributed by atoms with Gasteiger partial charge in [-0.1, -0.05) is 58.3 Å². The second kappa shape index (κ2) is 9.02. The molecule has 1 fully saturated rings. The van der Waals surface area contributed by atoms with Crippen molar-refractivity contribution in [1.29, 1.82) is 0 Å². The van der Waals surface area contributed by atoms with Crippen LogP contribution in [0, 0.1) is 12.8 Å². The minimum atomic E-state index is -2.40. The fourth-order valence-electron chi connectivity index (χ4n) is 2.54. The van der Waals surface area contributed by atoms with Gasteiger partial charge in [-0.3, -0.25) is 14.9 Å². The number of anilines is 1. The highest BCUT2D eigenvalue weighted by molar-refractivity contribution is 8.14. The Kier molecular flexibility index (Phi) is 7.31. The Hall–Kier alpha value is -1.98. The van der Waals surface area contributed by atoms with Crippen molar-refractivity contribution in [3.63, 3.8) is 0 Å². The van der Waals surface area contributed by atoms with Crippen LogP contribution in [0.2, 0.25) is 18.1 Å². The Bertz CT molecular complexity index is 891. The lowest BCUT2D eigenvalue weighted by atomic mass is 10.0. The Labute approximate surface area is 185 Å². The first-order valence-electron chi connectivity index (χ1n) is 9.37. The molecule has 0 radical (unpaired) electrons. The van der Waals surface area contributed by atoms with Crippen LogP contribution in [0.15, 0.2) is 12.7 Å². The largest absolute Gasteiger partial charge is 0.445 e. The van der Waals surface area contributed by atoms with E-state index in [4.69, 9.17) is 4.74 Å². The standard InChI is InChI=1S/C19H27N3O5S2Si/c1-8-9-27-18(26)22-17-20-12(10(2)28-17)15(24)29-14-11(13(23)21-14)16(25)30(6,7)19(3,4)5/h8,11,14H,1,9H2,2-7H3,(H,21,23)(H,20,22,26)/t11-,14-/m1/s1. The van der Waals surface area contributed by atoms with Gasteiger partial charge in [0.1, 0.15) is 37.1 Å². The highest BCUT2D eigenvalue weighted by atomic mass is 32.2. The number of hydrogen-bond donors (Lipinski definition) is 2. The summed E-state index contributed by atoms with van der Waals surface area (Å²) in [6.45, 7) is 15.2. The number of thiazole rings is 1. The van der Waals surface area contributed by atoms with Gasteiger partial charge >= 0.3 is 6.09 Å². The molecular formula is C19H27N3O5S2Si. The molecule has 2 amide bonds. The lowest BCUT2D eigenvalue weighted by Crippen LogP contribution is -2.65. The van der Waals surface area contributed by atoms with E-state index in [9.17, 15) is 19.2 Å². The number of aryl methyl sites for hydroxylation is 1. The van der Waals surface area contributed by atoms with Gasteiger partial charge < -0.3 is 14.8 Å². The summed E-state index contributed by atoms with van der Waals surface area (Å²) in [7, 11) is -2.40. The molecule has 2 N–H and O–H groups in total. The first-order valence-corrected chi connectivity index (χ1v) is 14.1. The molecule has 0 spiro atoms. The number of amides is 2. The Morgan fingerprint density at radius 2 is 2.00 bits per heavy atom. The van der Waals surface area contributed by atoms with Crippen molar-refractivity contribution in [3.05, 3.63) is 23.2 Å². The summed E-state index contributed by atoms with van der Waals surface area (Å²) >= 11 is 2.03. The van der Waals surface area contributed by atoms with E-state index >= 15 is 0 Å². The molecule has 0 saturated carbocycles. The van der Waals surface area contributed by atoms with Crippen LogP contribution in [-0.2, 0) is 14.3 Å². The molecule has 1 saturated heterocycles. The first-order chi connectivity index (χ1) is 13.8. The molecular weight excluding hydrogens is 442 g/mol. The summed E-state index contributed by atoms with van der Waals surface area (Å²) in [5.74, 6) is -1.16. The number of aromatic nitrogens is 1. The van der Waals surface area contributed by atoms with E-state index in [-0.39, 0.29) is 38.9 Å². The minimum absolute atomic E-state index is 0.0497. The van der Waals surface area contributed by atoms with Crippen molar-refractivity contribution >= 4 is 58.8 Å². The zero-order chi connectivity index (χ0) is 22.9. The van der Waals surface area contributed by atoms with Crippen molar-refractivity contribution in [2.24, 2.45) is 5.92 Å². The summed E-state index contributed by atoms with van der Waals surface area (Å²) in [4.78, 5) is 54.4. The van der Waals surface area contributed by atoms with Gasteiger partial charge in [-0.25, -0.2) is 9.78 Å². The fraction of sp³-hybridized carbons (Fsp3) is 0.526. The molecule has 11 heteroatoms. The van der Waals surface area contributed by atoms with Gasteiger partial charge in [-0.15, -0.1) is 11.3 Å². The first kappa shape index (κ1) is 24.3. The van der Waals surface area contributed by atoms with Crippen molar-refractivity contribution < 1.29 is 23.9 Å². The van der Waals surface area contributed by atoms with E-state index < -0.39 is 25.5 Å². The van der Waals surface area contributed by atoms with Crippen molar-refractivity contribution in [1.82, 2.24) is 10.3 Å². The van der Waals surface area contributed by atoms with Crippen LogP contribution < -0.4 is 10.6 Å². The number of β-lactam (4-membered cyclic amide) rings is 1. The zero-order valence-electron chi connectivity index (χ0n) is 18.0. The number of hydrogen-bond acceptors (Lipinski definition) is 8. The van der Waals surface area contributed by atoms with Crippen LogP contribution in [0.25, 0.3) is 0 Å². The number of ether oxygens (including phenoxy) is 1. The van der Waals surface area contributed by atoms with E-state index in [0.717, 1.165) is 23.1 Å². The maximum absolute atomic E-state index is 13.1. The number of rotatable bonds is 7. The van der Waals surface area contributed by atoms with E-state index in [1.54, 1.807) is 6.92 Å². The number of carbonyl (C=O) groups is 4. The highest BCUT2D eigenvalue weighted by Crippen LogP contribution is 2.41. The molecule has 164 valence electrons. The Morgan fingerprint density at radius 1 is 1.37 bits per heavy atom. The van der Waals surface area contributed by atoms with Gasteiger partial charge in [0.2, 0.25) is 11.0 Å². The average molecular weight is 470 g/mol. The van der Waals surface area contributed by atoms with Gasteiger partial charge in [0.15, 0.2) is 5.13 Å². The molecule has 0 unspecified atom stereocenters. The van der Waals surface area contributed by atoms with Gasteiger partial charge in [0, 0.05) is 4.88 Å².